The Labute approximate surface area is 122 Å². The van der Waals surface area contributed by atoms with Crippen molar-refractivity contribution >= 4 is 5.69 Å². The number of para-hydroxylation sites is 1. The molecule has 1 aromatic carbocycles. The van der Waals surface area contributed by atoms with Crippen LogP contribution in [0, 0.1) is 5.92 Å². The molecule has 0 aromatic heterocycles. The van der Waals surface area contributed by atoms with E-state index in [9.17, 15) is 0 Å². The molecule has 1 aliphatic heterocycles. The molecule has 0 amide bonds. The Bertz CT molecular complexity index is 466. The standard InChI is InChI=1S/C18H26N2/c1-2-7-17-14(5-1)6-3-4-12-20(17)18-11-8-15(18)13-19-16-9-10-16/h1-2,5,7,15-16,18-19H,3-4,6,8-13H2. The van der Waals surface area contributed by atoms with E-state index in [4.69, 9.17) is 0 Å². The molecule has 108 valence electrons. The number of benzene rings is 1. The molecule has 4 rings (SSSR count). The van der Waals surface area contributed by atoms with E-state index < -0.39 is 0 Å². The van der Waals surface area contributed by atoms with Gasteiger partial charge in [0.25, 0.3) is 0 Å². The van der Waals surface area contributed by atoms with Crippen LogP contribution in [-0.4, -0.2) is 25.2 Å². The Morgan fingerprint density at radius 1 is 1.05 bits per heavy atom. The van der Waals surface area contributed by atoms with Crippen molar-refractivity contribution in [1.82, 2.24) is 5.32 Å². The van der Waals surface area contributed by atoms with Crippen LogP contribution < -0.4 is 10.2 Å². The maximum atomic E-state index is 3.74. The summed E-state index contributed by atoms with van der Waals surface area (Å²) in [5.74, 6) is 0.877. The number of rotatable bonds is 4. The molecular formula is C18H26N2. The minimum atomic E-state index is 0.792. The predicted molar refractivity (Wildman–Crippen MR) is 84.3 cm³/mol. The van der Waals surface area contributed by atoms with E-state index in [1.54, 1.807) is 5.56 Å². The van der Waals surface area contributed by atoms with Crippen LogP contribution >= 0.6 is 0 Å². The highest BCUT2D eigenvalue weighted by Gasteiger charge is 2.37. The third-order valence-corrected chi connectivity index (χ3v) is 5.42. The van der Waals surface area contributed by atoms with Crippen molar-refractivity contribution in [2.24, 2.45) is 5.92 Å². The van der Waals surface area contributed by atoms with Gasteiger partial charge in [-0.25, -0.2) is 0 Å². The lowest BCUT2D eigenvalue weighted by molar-refractivity contribution is 0.233. The van der Waals surface area contributed by atoms with Gasteiger partial charge in [-0.3, -0.25) is 0 Å². The van der Waals surface area contributed by atoms with E-state index in [1.807, 2.05) is 0 Å². The maximum absolute atomic E-state index is 3.74. The molecular weight excluding hydrogens is 244 g/mol. The maximum Gasteiger partial charge on any atom is 0.0401 e. The van der Waals surface area contributed by atoms with E-state index in [0.717, 1.165) is 18.0 Å². The van der Waals surface area contributed by atoms with Crippen LogP contribution in [0.5, 0.6) is 0 Å². The van der Waals surface area contributed by atoms with Gasteiger partial charge in [-0.05, 0) is 62.5 Å². The molecule has 2 fully saturated rings. The molecule has 2 nitrogen and oxygen atoms in total. The quantitative estimate of drug-likeness (QED) is 0.902. The Hall–Kier alpha value is -1.02. The van der Waals surface area contributed by atoms with Crippen molar-refractivity contribution in [3.8, 4) is 0 Å². The van der Waals surface area contributed by atoms with Crippen LogP contribution in [-0.2, 0) is 6.42 Å². The monoisotopic (exact) mass is 270 g/mol. The minimum absolute atomic E-state index is 0.792. The second-order valence-corrected chi connectivity index (χ2v) is 6.87. The van der Waals surface area contributed by atoms with Gasteiger partial charge < -0.3 is 10.2 Å². The SMILES string of the molecule is c1ccc2c(c1)CCCCN2C1CCC1CNC1CC1. The lowest BCUT2D eigenvalue weighted by atomic mass is 9.78. The summed E-state index contributed by atoms with van der Waals surface area (Å²) < 4.78 is 0. The lowest BCUT2D eigenvalue weighted by Gasteiger charge is -2.46. The number of anilines is 1. The first-order valence-electron chi connectivity index (χ1n) is 8.50. The molecule has 0 bridgehead atoms. The van der Waals surface area contributed by atoms with E-state index >= 15 is 0 Å². The first kappa shape index (κ1) is 12.7. The van der Waals surface area contributed by atoms with Crippen LogP contribution in [0.3, 0.4) is 0 Å². The largest absolute Gasteiger partial charge is 0.368 e. The van der Waals surface area contributed by atoms with Crippen molar-refractivity contribution in [3.63, 3.8) is 0 Å². The van der Waals surface area contributed by atoms with Crippen LogP contribution in [0.1, 0.15) is 44.1 Å². The van der Waals surface area contributed by atoms with Gasteiger partial charge in [0.1, 0.15) is 0 Å². The Morgan fingerprint density at radius 2 is 1.95 bits per heavy atom. The van der Waals surface area contributed by atoms with Gasteiger partial charge in [-0.15, -0.1) is 0 Å². The molecule has 3 aliphatic rings. The zero-order valence-electron chi connectivity index (χ0n) is 12.4. The molecule has 0 saturated heterocycles. The summed E-state index contributed by atoms with van der Waals surface area (Å²) in [7, 11) is 0. The molecule has 2 saturated carbocycles. The summed E-state index contributed by atoms with van der Waals surface area (Å²) in [6, 6.07) is 10.8. The number of nitrogens with one attached hydrogen (secondary N) is 1. The fraction of sp³-hybridized carbons (Fsp3) is 0.667. The zero-order chi connectivity index (χ0) is 13.4. The van der Waals surface area contributed by atoms with E-state index in [0.29, 0.717) is 0 Å². The Kier molecular flexibility index (Phi) is 3.43. The summed E-state index contributed by atoms with van der Waals surface area (Å²) >= 11 is 0. The fourth-order valence-electron chi connectivity index (χ4n) is 3.87. The van der Waals surface area contributed by atoms with Gasteiger partial charge in [0.2, 0.25) is 0 Å². The molecule has 2 heteroatoms. The van der Waals surface area contributed by atoms with Gasteiger partial charge in [0.15, 0.2) is 0 Å². The van der Waals surface area contributed by atoms with Crippen LogP contribution in [0.15, 0.2) is 24.3 Å². The smallest absolute Gasteiger partial charge is 0.0401 e. The molecule has 2 unspecified atom stereocenters. The third-order valence-electron chi connectivity index (χ3n) is 5.42. The summed E-state index contributed by atoms with van der Waals surface area (Å²) in [4.78, 5) is 2.74. The highest BCUT2D eigenvalue weighted by molar-refractivity contribution is 5.55. The van der Waals surface area contributed by atoms with E-state index in [1.165, 1.54) is 63.7 Å². The number of hydrogen-bond acceptors (Lipinski definition) is 2. The molecule has 1 heterocycles. The van der Waals surface area contributed by atoms with Crippen molar-refractivity contribution in [2.45, 2.75) is 57.0 Å². The first-order chi connectivity index (χ1) is 9.92. The summed E-state index contributed by atoms with van der Waals surface area (Å²) in [5.41, 5.74) is 3.11. The average molecular weight is 270 g/mol. The second-order valence-electron chi connectivity index (χ2n) is 6.87. The van der Waals surface area contributed by atoms with Crippen LogP contribution in [0.4, 0.5) is 5.69 Å². The van der Waals surface area contributed by atoms with E-state index in [2.05, 4.69) is 34.5 Å². The zero-order valence-corrected chi connectivity index (χ0v) is 12.4. The van der Waals surface area contributed by atoms with E-state index in [-0.39, 0.29) is 0 Å². The Balaban J connectivity index is 1.49. The topological polar surface area (TPSA) is 15.3 Å². The molecule has 2 aliphatic carbocycles. The van der Waals surface area contributed by atoms with Gasteiger partial charge in [0, 0.05) is 30.9 Å². The Morgan fingerprint density at radius 3 is 2.75 bits per heavy atom. The van der Waals surface area contributed by atoms with Crippen molar-refractivity contribution < 1.29 is 0 Å². The number of fused-ring (bicyclic) bond motifs is 1. The summed E-state index contributed by atoms with van der Waals surface area (Å²) in [6.45, 7) is 2.51. The molecule has 0 radical (unpaired) electrons. The minimum Gasteiger partial charge on any atom is -0.368 e. The van der Waals surface area contributed by atoms with Crippen molar-refractivity contribution in [3.05, 3.63) is 29.8 Å². The summed E-state index contributed by atoms with van der Waals surface area (Å²) in [6.07, 6.45) is 9.60. The highest BCUT2D eigenvalue weighted by Crippen LogP contribution is 2.38. The van der Waals surface area contributed by atoms with Gasteiger partial charge in [-0.1, -0.05) is 18.2 Å². The average Bonchev–Trinajstić information content (AvgIpc) is 3.26. The van der Waals surface area contributed by atoms with Gasteiger partial charge in [-0.2, -0.15) is 0 Å². The fourth-order valence-corrected chi connectivity index (χ4v) is 3.87. The van der Waals surface area contributed by atoms with Gasteiger partial charge in [0.05, 0.1) is 0 Å². The summed E-state index contributed by atoms with van der Waals surface area (Å²) in [5, 5.41) is 3.74. The molecule has 1 aromatic rings. The molecule has 0 spiro atoms. The first-order valence-corrected chi connectivity index (χ1v) is 8.50. The predicted octanol–water partition coefficient (Wildman–Crippen LogP) is 3.36. The second kappa shape index (κ2) is 5.40. The lowest BCUT2D eigenvalue weighted by Crippen LogP contribution is -2.51. The molecule has 20 heavy (non-hydrogen) atoms. The molecule has 2 atom stereocenters. The number of hydrogen-bond donors (Lipinski definition) is 1. The third kappa shape index (κ3) is 2.46. The van der Waals surface area contributed by atoms with Gasteiger partial charge >= 0.3 is 0 Å². The normalized spacial score (nSPS) is 29.5. The van der Waals surface area contributed by atoms with Crippen LogP contribution in [0.2, 0.25) is 0 Å². The van der Waals surface area contributed by atoms with Crippen molar-refractivity contribution in [2.75, 3.05) is 18.0 Å². The highest BCUT2D eigenvalue weighted by atomic mass is 15.2. The number of nitrogens with zero attached hydrogens (tertiary/aromatic N) is 1. The number of aryl methyl sites for hydroxylation is 1. The molecule has 1 N–H and O–H groups in total. The van der Waals surface area contributed by atoms with Crippen LogP contribution in [0.25, 0.3) is 0 Å². The van der Waals surface area contributed by atoms with Crippen molar-refractivity contribution in [1.29, 1.82) is 0 Å².